The number of hydrogen-bond acceptors (Lipinski definition) is 3. The molecule has 380 valence electrons. The van der Waals surface area contributed by atoms with Crippen molar-refractivity contribution in [2.45, 2.75) is 24.7 Å². The van der Waals surface area contributed by atoms with E-state index in [2.05, 4.69) is 327 Å². The maximum absolute atomic E-state index is 6.59. The molecule has 0 saturated carbocycles. The van der Waals surface area contributed by atoms with Gasteiger partial charge in [0.1, 0.15) is 0 Å². The average Bonchev–Trinajstić information content (AvgIpc) is 3.97. The van der Waals surface area contributed by atoms with E-state index in [-0.39, 0.29) is 5.41 Å². The number of fused-ring (bicyclic) bond motifs is 7. The van der Waals surface area contributed by atoms with Gasteiger partial charge < -0.3 is 14.5 Å². The third-order valence-corrected chi connectivity index (χ3v) is 22.3. The highest BCUT2D eigenvalue weighted by Gasteiger charge is 2.49. The van der Waals surface area contributed by atoms with Crippen molar-refractivity contribution >= 4 is 62.9 Å². The van der Waals surface area contributed by atoms with Crippen LogP contribution in [-0.2, 0) is 10.8 Å². The molecular formula is C76H56N2OSi. The summed E-state index contributed by atoms with van der Waals surface area (Å²) in [4.78, 5) is 4.87. The lowest BCUT2D eigenvalue weighted by Gasteiger charge is -2.42. The van der Waals surface area contributed by atoms with E-state index < -0.39 is 13.5 Å². The van der Waals surface area contributed by atoms with Crippen molar-refractivity contribution in [1.29, 1.82) is 0 Å². The van der Waals surface area contributed by atoms with Crippen molar-refractivity contribution in [2.75, 3.05) is 9.80 Å². The summed E-state index contributed by atoms with van der Waals surface area (Å²) in [5.74, 6) is 1.65. The van der Waals surface area contributed by atoms with Gasteiger partial charge >= 0.3 is 0 Å². The Labute approximate surface area is 470 Å². The first kappa shape index (κ1) is 47.5. The predicted octanol–water partition coefficient (Wildman–Crippen LogP) is 16.8. The molecule has 0 spiro atoms. The van der Waals surface area contributed by atoms with E-state index in [1.807, 2.05) is 0 Å². The number of anilines is 6. The van der Waals surface area contributed by atoms with Gasteiger partial charge in [0, 0.05) is 16.8 Å². The zero-order valence-electron chi connectivity index (χ0n) is 44.7. The lowest BCUT2D eigenvalue weighted by Crippen LogP contribution is -2.75. The Morgan fingerprint density at radius 2 is 0.750 bits per heavy atom. The number of benzene rings is 12. The largest absolute Gasteiger partial charge is 0.453 e. The van der Waals surface area contributed by atoms with Crippen LogP contribution >= 0.6 is 0 Å². The van der Waals surface area contributed by atoms with Crippen LogP contribution in [0, 0.1) is 0 Å². The minimum Gasteiger partial charge on any atom is -0.453 e. The minimum atomic E-state index is -3.39. The van der Waals surface area contributed by atoms with Gasteiger partial charge in [0.25, 0.3) is 0 Å². The molecule has 0 bridgehead atoms. The molecule has 0 amide bonds. The van der Waals surface area contributed by atoms with Crippen LogP contribution in [0.1, 0.15) is 47.2 Å². The van der Waals surface area contributed by atoms with E-state index >= 15 is 0 Å². The molecule has 12 aromatic carbocycles. The lowest BCUT2D eigenvalue weighted by atomic mass is 9.68. The van der Waals surface area contributed by atoms with Gasteiger partial charge in [0.05, 0.1) is 28.2 Å². The summed E-state index contributed by atoms with van der Waals surface area (Å²) >= 11 is 0. The molecule has 15 rings (SSSR count). The van der Waals surface area contributed by atoms with Crippen molar-refractivity contribution in [3.8, 4) is 33.8 Å². The topological polar surface area (TPSA) is 15.7 Å². The van der Waals surface area contributed by atoms with Crippen molar-refractivity contribution in [3.63, 3.8) is 0 Å². The Balaban J connectivity index is 1.05. The maximum Gasteiger partial charge on any atom is 0.180 e. The lowest BCUT2D eigenvalue weighted by molar-refractivity contribution is 0.477. The third-order valence-electron chi connectivity index (χ3n) is 17.5. The normalized spacial score (nSPS) is 14.1. The molecule has 0 unspecified atom stereocenters. The monoisotopic (exact) mass is 1040 g/mol. The van der Waals surface area contributed by atoms with Crippen LogP contribution in [0.2, 0.25) is 0 Å². The molecule has 4 heteroatoms. The summed E-state index contributed by atoms with van der Waals surface area (Å²) in [5, 5.41) is 5.22. The molecule has 2 heterocycles. The molecule has 0 N–H and O–H groups in total. The van der Waals surface area contributed by atoms with Gasteiger partial charge in [-0.1, -0.05) is 257 Å². The van der Waals surface area contributed by atoms with Crippen molar-refractivity contribution in [2.24, 2.45) is 0 Å². The summed E-state index contributed by atoms with van der Waals surface area (Å²) in [5.41, 5.74) is 18.3. The second kappa shape index (κ2) is 18.7. The highest BCUT2D eigenvalue weighted by molar-refractivity contribution is 7.20. The van der Waals surface area contributed by atoms with Gasteiger partial charge in [0.15, 0.2) is 19.6 Å². The molecule has 2 aliphatic heterocycles. The quantitative estimate of drug-likeness (QED) is 0.106. The minimum absolute atomic E-state index is 0.212. The number of rotatable bonds is 9. The Hall–Kier alpha value is -9.74. The molecule has 3 nitrogen and oxygen atoms in total. The molecule has 0 aromatic heterocycles. The van der Waals surface area contributed by atoms with Crippen molar-refractivity contribution in [3.05, 3.63) is 337 Å². The van der Waals surface area contributed by atoms with Crippen LogP contribution in [0.25, 0.3) is 22.3 Å². The number of hydrogen-bond donors (Lipinski definition) is 0. The van der Waals surface area contributed by atoms with Crippen LogP contribution in [-0.4, -0.2) is 8.07 Å². The molecule has 3 aliphatic rings. The summed E-state index contributed by atoms with van der Waals surface area (Å²) in [7, 11) is -3.39. The highest BCUT2D eigenvalue weighted by Crippen LogP contribution is 2.57. The molecule has 0 fully saturated rings. The second-order valence-electron chi connectivity index (χ2n) is 21.9. The fourth-order valence-corrected chi connectivity index (χ4v) is 19.0. The molecule has 0 radical (unpaired) electrons. The fraction of sp³-hybridized carbons (Fsp3) is 0.0526. The molecule has 0 saturated heterocycles. The van der Waals surface area contributed by atoms with Gasteiger partial charge in [-0.25, -0.2) is 0 Å². The standard InChI is InChI=1S/C76H56N2OSi/c1-75(2)66-40-16-18-42-68(66)77(69-43-19-17-41-67(69)75)57-48-49-74(63(52-57)53-26-24-30-56(50-53)78-70-44-20-22-46-72(70)79-73-47-23-21-45-71(73)78)80(58-31-8-4-9-32-58,59-33-10-5-11-34-59)60-35-25-29-55(51-60)76(54-27-6-3-7-28-54)64-38-14-12-36-61(64)62-37-13-15-39-65(62)76/h3-52H,1-2H3. The Morgan fingerprint density at radius 1 is 0.312 bits per heavy atom. The van der Waals surface area contributed by atoms with Crippen LogP contribution < -0.4 is 35.3 Å². The SMILES string of the molecule is CC1(C)c2ccccc2N(c2ccc([Si](c3ccccc3)(c3ccccc3)c3cccc(C4(c5ccccc5)c5ccccc5-c5ccccc54)c3)c(-c3cccc(N4c5ccccc5Oc5ccccc54)c3)c2)c2ccccc21. The van der Waals surface area contributed by atoms with E-state index in [9.17, 15) is 0 Å². The summed E-state index contributed by atoms with van der Waals surface area (Å²) in [6.45, 7) is 4.73. The first-order valence-corrected chi connectivity index (χ1v) is 29.8. The summed E-state index contributed by atoms with van der Waals surface area (Å²) in [6.07, 6.45) is 0. The van der Waals surface area contributed by atoms with Crippen LogP contribution in [0.4, 0.5) is 34.1 Å². The molecule has 0 atom stereocenters. The Morgan fingerprint density at radius 3 is 1.34 bits per heavy atom. The van der Waals surface area contributed by atoms with Gasteiger partial charge in [-0.05, 0) is 137 Å². The maximum atomic E-state index is 6.59. The third kappa shape index (κ3) is 7.05. The zero-order valence-corrected chi connectivity index (χ0v) is 45.7. The second-order valence-corrected chi connectivity index (χ2v) is 25.7. The van der Waals surface area contributed by atoms with Gasteiger partial charge in [0.2, 0.25) is 0 Å². The highest BCUT2D eigenvalue weighted by atomic mass is 28.3. The first-order chi connectivity index (χ1) is 39.5. The predicted molar refractivity (Wildman–Crippen MR) is 334 cm³/mol. The molecule has 12 aromatic rings. The molecule has 1 aliphatic carbocycles. The average molecular weight is 1040 g/mol. The van der Waals surface area contributed by atoms with Crippen molar-refractivity contribution in [1.82, 2.24) is 0 Å². The zero-order chi connectivity index (χ0) is 53.4. The van der Waals surface area contributed by atoms with Crippen LogP contribution in [0.5, 0.6) is 11.5 Å². The van der Waals surface area contributed by atoms with Crippen LogP contribution in [0.3, 0.4) is 0 Å². The fourth-order valence-electron chi connectivity index (χ4n) is 14.0. The van der Waals surface area contributed by atoms with E-state index in [1.165, 1.54) is 82.2 Å². The van der Waals surface area contributed by atoms with E-state index in [4.69, 9.17) is 4.74 Å². The number of nitrogens with zero attached hydrogens (tertiary/aromatic N) is 2. The summed E-state index contributed by atoms with van der Waals surface area (Å²) < 4.78 is 6.59. The van der Waals surface area contributed by atoms with Crippen LogP contribution in [0.15, 0.2) is 303 Å². The Bertz CT molecular complexity index is 4160. The van der Waals surface area contributed by atoms with Gasteiger partial charge in [-0.2, -0.15) is 0 Å². The molecular weight excluding hydrogens is 985 g/mol. The number of ether oxygens (including phenoxy) is 1. The summed E-state index contributed by atoms with van der Waals surface area (Å²) in [6, 6.07) is 113. The van der Waals surface area contributed by atoms with Gasteiger partial charge in [-0.15, -0.1) is 0 Å². The molecule has 80 heavy (non-hydrogen) atoms. The first-order valence-electron chi connectivity index (χ1n) is 27.8. The van der Waals surface area contributed by atoms with E-state index in [1.54, 1.807) is 0 Å². The van der Waals surface area contributed by atoms with E-state index in [0.717, 1.165) is 39.8 Å². The van der Waals surface area contributed by atoms with Crippen molar-refractivity contribution < 1.29 is 4.74 Å². The smallest absolute Gasteiger partial charge is 0.180 e. The number of para-hydroxylation sites is 6. The Kier molecular flexibility index (Phi) is 11.1. The van der Waals surface area contributed by atoms with Gasteiger partial charge in [-0.3, -0.25) is 0 Å². The van der Waals surface area contributed by atoms with E-state index in [0.29, 0.717) is 0 Å².